The summed E-state index contributed by atoms with van der Waals surface area (Å²) in [7, 11) is 1.81. The fourth-order valence-electron chi connectivity index (χ4n) is 2.45. The highest BCUT2D eigenvalue weighted by Gasteiger charge is 2.24. The van der Waals surface area contributed by atoms with E-state index < -0.39 is 0 Å². The molecule has 1 unspecified atom stereocenters. The van der Waals surface area contributed by atoms with Gasteiger partial charge in [0.2, 0.25) is 0 Å². The molecule has 20 heavy (non-hydrogen) atoms. The van der Waals surface area contributed by atoms with Crippen molar-refractivity contribution in [3.05, 3.63) is 35.4 Å². The van der Waals surface area contributed by atoms with Crippen molar-refractivity contribution in [3.63, 3.8) is 0 Å². The Labute approximate surface area is 123 Å². The summed E-state index contributed by atoms with van der Waals surface area (Å²) < 4.78 is 5.56. The Kier molecular flexibility index (Phi) is 5.22. The first kappa shape index (κ1) is 15.5. The van der Waals surface area contributed by atoms with E-state index in [-0.39, 0.29) is 5.60 Å². The molecule has 1 N–H and O–H groups in total. The van der Waals surface area contributed by atoms with Crippen LogP contribution in [0.2, 0.25) is 0 Å². The maximum Gasteiger partial charge on any atom is 0.0623 e. The lowest BCUT2D eigenvalue weighted by atomic mass is 9.89. The summed E-state index contributed by atoms with van der Waals surface area (Å²) in [5.74, 6) is 0.589. The number of nitrogens with one attached hydrogen (secondary N) is 1. The van der Waals surface area contributed by atoms with Crippen LogP contribution in [-0.4, -0.2) is 25.3 Å². The first-order valence-corrected chi connectivity index (χ1v) is 7.85. The quantitative estimate of drug-likeness (QED) is 0.773. The van der Waals surface area contributed by atoms with Gasteiger partial charge in [0.1, 0.15) is 0 Å². The standard InChI is InChI=1S/C18H29NO/c1-14-5-7-15(8-6-14)16(13-19-17-9-10-17)11-12-18(2,3)20-4/h5-8,16-17,19H,9-13H2,1-4H3. The van der Waals surface area contributed by atoms with Crippen LogP contribution < -0.4 is 5.32 Å². The summed E-state index contributed by atoms with van der Waals surface area (Å²) in [6.45, 7) is 7.59. The normalized spacial score (nSPS) is 17.2. The van der Waals surface area contributed by atoms with Crippen LogP contribution in [0.4, 0.5) is 0 Å². The van der Waals surface area contributed by atoms with Gasteiger partial charge in [0, 0.05) is 19.7 Å². The molecular formula is C18H29NO. The summed E-state index contributed by atoms with van der Waals surface area (Å²) in [5, 5.41) is 3.68. The number of benzene rings is 1. The predicted octanol–water partition coefficient (Wildman–Crippen LogP) is 4.04. The van der Waals surface area contributed by atoms with Crippen LogP contribution in [0.3, 0.4) is 0 Å². The molecule has 2 heteroatoms. The van der Waals surface area contributed by atoms with Crippen LogP contribution in [0, 0.1) is 6.92 Å². The van der Waals surface area contributed by atoms with E-state index >= 15 is 0 Å². The zero-order valence-corrected chi connectivity index (χ0v) is 13.4. The van der Waals surface area contributed by atoms with Crippen LogP contribution in [-0.2, 0) is 4.74 Å². The molecule has 1 aliphatic rings. The fraction of sp³-hybridized carbons (Fsp3) is 0.667. The smallest absolute Gasteiger partial charge is 0.0623 e. The summed E-state index contributed by atoms with van der Waals surface area (Å²) in [6.07, 6.45) is 4.96. The highest BCUT2D eigenvalue weighted by molar-refractivity contribution is 5.25. The SMILES string of the molecule is COC(C)(C)CCC(CNC1CC1)c1ccc(C)cc1. The van der Waals surface area contributed by atoms with E-state index in [9.17, 15) is 0 Å². The number of methoxy groups -OCH3 is 1. The minimum absolute atomic E-state index is 0.0253. The number of hydrogen-bond donors (Lipinski definition) is 1. The van der Waals surface area contributed by atoms with Crippen molar-refractivity contribution in [1.29, 1.82) is 0 Å². The van der Waals surface area contributed by atoms with Crippen molar-refractivity contribution < 1.29 is 4.74 Å². The van der Waals surface area contributed by atoms with E-state index in [1.165, 1.54) is 30.4 Å². The van der Waals surface area contributed by atoms with E-state index in [0.717, 1.165) is 19.0 Å². The minimum atomic E-state index is -0.0253. The second kappa shape index (κ2) is 6.73. The fourth-order valence-corrected chi connectivity index (χ4v) is 2.45. The van der Waals surface area contributed by atoms with Gasteiger partial charge in [-0.3, -0.25) is 0 Å². The van der Waals surface area contributed by atoms with Crippen molar-refractivity contribution in [2.24, 2.45) is 0 Å². The van der Waals surface area contributed by atoms with Crippen LogP contribution in [0.25, 0.3) is 0 Å². The Morgan fingerprint density at radius 2 is 1.90 bits per heavy atom. The molecule has 0 spiro atoms. The lowest BCUT2D eigenvalue weighted by molar-refractivity contribution is 0.0124. The second-order valence-corrected chi connectivity index (χ2v) is 6.79. The summed E-state index contributed by atoms with van der Waals surface area (Å²) in [5.41, 5.74) is 2.76. The van der Waals surface area contributed by atoms with Gasteiger partial charge in [-0.15, -0.1) is 0 Å². The van der Waals surface area contributed by atoms with Gasteiger partial charge < -0.3 is 10.1 Å². The molecule has 0 amide bonds. The van der Waals surface area contributed by atoms with E-state index in [4.69, 9.17) is 4.74 Å². The Morgan fingerprint density at radius 1 is 1.25 bits per heavy atom. The number of aryl methyl sites for hydroxylation is 1. The van der Waals surface area contributed by atoms with Crippen LogP contribution in [0.1, 0.15) is 56.6 Å². The van der Waals surface area contributed by atoms with Gasteiger partial charge in [-0.1, -0.05) is 29.8 Å². The van der Waals surface area contributed by atoms with Crippen molar-refractivity contribution in [2.45, 2.75) is 64.0 Å². The third kappa shape index (κ3) is 4.92. The van der Waals surface area contributed by atoms with Gasteiger partial charge in [0.05, 0.1) is 5.60 Å². The topological polar surface area (TPSA) is 21.3 Å². The molecule has 0 aromatic heterocycles. The van der Waals surface area contributed by atoms with Gasteiger partial charge in [-0.25, -0.2) is 0 Å². The van der Waals surface area contributed by atoms with Gasteiger partial charge in [0.25, 0.3) is 0 Å². The lowest BCUT2D eigenvalue weighted by Crippen LogP contribution is -2.27. The van der Waals surface area contributed by atoms with Crippen molar-refractivity contribution in [3.8, 4) is 0 Å². The number of rotatable bonds is 8. The molecular weight excluding hydrogens is 246 g/mol. The molecule has 0 heterocycles. The van der Waals surface area contributed by atoms with E-state index in [1.807, 2.05) is 7.11 Å². The third-order valence-electron chi connectivity index (χ3n) is 4.43. The van der Waals surface area contributed by atoms with Gasteiger partial charge in [-0.2, -0.15) is 0 Å². The summed E-state index contributed by atoms with van der Waals surface area (Å²) in [4.78, 5) is 0. The molecule has 2 nitrogen and oxygen atoms in total. The van der Waals surface area contributed by atoms with E-state index in [2.05, 4.69) is 50.4 Å². The first-order valence-electron chi connectivity index (χ1n) is 7.85. The molecule has 2 rings (SSSR count). The van der Waals surface area contributed by atoms with Crippen molar-refractivity contribution in [1.82, 2.24) is 5.32 Å². The van der Waals surface area contributed by atoms with Crippen LogP contribution in [0.15, 0.2) is 24.3 Å². The Bertz CT molecular complexity index is 406. The zero-order chi connectivity index (χ0) is 14.6. The van der Waals surface area contributed by atoms with Crippen molar-refractivity contribution in [2.75, 3.05) is 13.7 Å². The van der Waals surface area contributed by atoms with Crippen LogP contribution in [0.5, 0.6) is 0 Å². The van der Waals surface area contributed by atoms with Gasteiger partial charge in [-0.05, 0) is 57.9 Å². The third-order valence-corrected chi connectivity index (χ3v) is 4.43. The zero-order valence-electron chi connectivity index (χ0n) is 13.4. The molecule has 0 bridgehead atoms. The molecule has 112 valence electrons. The highest BCUT2D eigenvalue weighted by Crippen LogP contribution is 2.28. The van der Waals surface area contributed by atoms with Gasteiger partial charge >= 0.3 is 0 Å². The summed E-state index contributed by atoms with van der Waals surface area (Å²) >= 11 is 0. The highest BCUT2D eigenvalue weighted by atomic mass is 16.5. The molecule has 1 aliphatic carbocycles. The minimum Gasteiger partial charge on any atom is -0.379 e. The van der Waals surface area contributed by atoms with Crippen molar-refractivity contribution >= 4 is 0 Å². The Morgan fingerprint density at radius 3 is 2.45 bits per heavy atom. The molecule has 1 aromatic rings. The monoisotopic (exact) mass is 275 g/mol. The van der Waals surface area contributed by atoms with Gasteiger partial charge in [0.15, 0.2) is 0 Å². The molecule has 0 radical (unpaired) electrons. The summed E-state index contributed by atoms with van der Waals surface area (Å²) in [6, 6.07) is 9.79. The maximum absolute atomic E-state index is 5.56. The first-order chi connectivity index (χ1) is 9.50. The molecule has 0 aliphatic heterocycles. The predicted molar refractivity (Wildman–Crippen MR) is 85.3 cm³/mol. The molecule has 1 aromatic carbocycles. The average Bonchev–Trinajstić information content (AvgIpc) is 3.24. The Hall–Kier alpha value is -0.860. The molecule has 0 saturated heterocycles. The second-order valence-electron chi connectivity index (χ2n) is 6.79. The van der Waals surface area contributed by atoms with E-state index in [1.54, 1.807) is 0 Å². The largest absolute Gasteiger partial charge is 0.379 e. The maximum atomic E-state index is 5.56. The molecule has 1 fully saturated rings. The van der Waals surface area contributed by atoms with Crippen LogP contribution >= 0.6 is 0 Å². The van der Waals surface area contributed by atoms with E-state index in [0.29, 0.717) is 5.92 Å². The molecule has 1 atom stereocenters. The average molecular weight is 275 g/mol. The Balaban J connectivity index is 1.97. The number of ether oxygens (including phenoxy) is 1. The molecule has 1 saturated carbocycles. The lowest BCUT2D eigenvalue weighted by Gasteiger charge is -2.26. The number of hydrogen-bond acceptors (Lipinski definition) is 2.